The number of halogens is 1. The molecule has 0 spiro atoms. The summed E-state index contributed by atoms with van der Waals surface area (Å²) >= 11 is 0. The van der Waals surface area contributed by atoms with Crippen LogP contribution < -0.4 is 0 Å². The van der Waals surface area contributed by atoms with E-state index >= 15 is 0 Å². The second-order valence-corrected chi connectivity index (χ2v) is 7.60. The molecule has 0 amide bonds. The van der Waals surface area contributed by atoms with Crippen LogP contribution in [0.1, 0.15) is 69.4 Å². The molecule has 1 saturated carbocycles. The molecule has 0 aliphatic heterocycles. The van der Waals surface area contributed by atoms with Crippen molar-refractivity contribution in [1.29, 1.82) is 5.26 Å². The van der Waals surface area contributed by atoms with E-state index in [-0.39, 0.29) is 0 Å². The molecule has 140 valence electrons. The van der Waals surface area contributed by atoms with Crippen LogP contribution in [0.3, 0.4) is 0 Å². The van der Waals surface area contributed by atoms with Gasteiger partial charge in [-0.25, -0.2) is 0 Å². The van der Waals surface area contributed by atoms with Crippen molar-refractivity contribution in [3.8, 4) is 6.07 Å². The molecule has 1 aromatic carbocycles. The highest BCUT2D eigenvalue weighted by Gasteiger charge is 2.18. The molecule has 0 bridgehead atoms. The molecule has 1 aliphatic rings. The first-order valence-corrected chi connectivity index (χ1v) is 10.2. The van der Waals surface area contributed by atoms with Crippen molar-refractivity contribution >= 4 is 0 Å². The van der Waals surface area contributed by atoms with Crippen molar-refractivity contribution in [2.45, 2.75) is 71.1 Å². The lowest BCUT2D eigenvalue weighted by molar-refractivity contribution is 0.289. The fourth-order valence-corrected chi connectivity index (χ4v) is 3.93. The Morgan fingerprint density at radius 2 is 1.73 bits per heavy atom. The quantitative estimate of drug-likeness (QED) is 0.264. The fraction of sp³-hybridized carbons (Fsp3) is 0.542. The average molecular weight is 354 g/mol. The van der Waals surface area contributed by atoms with Crippen molar-refractivity contribution < 1.29 is 4.39 Å². The SMILES string of the molecule is CCCc1ccc(CCCCC2CCC(/C=C/C=C(\F)C#N)CC2)cc1. The second-order valence-electron chi connectivity index (χ2n) is 7.60. The highest BCUT2D eigenvalue weighted by Crippen LogP contribution is 2.32. The molecule has 0 aromatic heterocycles. The van der Waals surface area contributed by atoms with Crippen LogP contribution in [0, 0.1) is 23.2 Å². The van der Waals surface area contributed by atoms with Gasteiger partial charge in [0, 0.05) is 0 Å². The number of nitrogens with zero attached hydrogens (tertiary/aromatic N) is 1. The molecule has 0 atom stereocenters. The van der Waals surface area contributed by atoms with Crippen molar-refractivity contribution in [2.24, 2.45) is 11.8 Å². The smallest absolute Gasteiger partial charge is 0.195 e. The number of hydrogen-bond donors (Lipinski definition) is 0. The van der Waals surface area contributed by atoms with Crippen molar-refractivity contribution in [2.75, 3.05) is 0 Å². The summed E-state index contributed by atoms with van der Waals surface area (Å²) in [5, 5.41) is 8.39. The number of allylic oxidation sites excluding steroid dienone is 4. The van der Waals surface area contributed by atoms with Crippen LogP contribution >= 0.6 is 0 Å². The Bertz CT molecular complexity index is 613. The van der Waals surface area contributed by atoms with Gasteiger partial charge in [0.25, 0.3) is 0 Å². The largest absolute Gasteiger partial charge is 0.199 e. The number of aryl methyl sites for hydroxylation is 2. The topological polar surface area (TPSA) is 23.8 Å². The van der Waals surface area contributed by atoms with Crippen LogP contribution in [0.2, 0.25) is 0 Å². The van der Waals surface area contributed by atoms with Gasteiger partial charge in [-0.15, -0.1) is 0 Å². The molecule has 1 fully saturated rings. The van der Waals surface area contributed by atoms with Gasteiger partial charge in [0.2, 0.25) is 0 Å². The highest BCUT2D eigenvalue weighted by molar-refractivity contribution is 5.22. The number of benzene rings is 1. The molecule has 1 aromatic rings. The van der Waals surface area contributed by atoms with E-state index in [1.807, 2.05) is 0 Å². The van der Waals surface area contributed by atoms with Gasteiger partial charge in [0.15, 0.2) is 5.83 Å². The minimum atomic E-state index is -0.713. The van der Waals surface area contributed by atoms with Crippen LogP contribution in [-0.2, 0) is 12.8 Å². The third-order valence-electron chi connectivity index (χ3n) is 5.51. The normalized spacial score (nSPS) is 21.0. The van der Waals surface area contributed by atoms with Gasteiger partial charge in [0.05, 0.1) is 0 Å². The highest BCUT2D eigenvalue weighted by atomic mass is 19.1. The van der Waals surface area contributed by atoms with E-state index in [9.17, 15) is 4.39 Å². The molecule has 0 radical (unpaired) electrons. The summed E-state index contributed by atoms with van der Waals surface area (Å²) in [5.41, 5.74) is 2.92. The van der Waals surface area contributed by atoms with Crippen LogP contribution in [0.25, 0.3) is 0 Å². The van der Waals surface area contributed by atoms with Crippen LogP contribution in [0.5, 0.6) is 0 Å². The summed E-state index contributed by atoms with van der Waals surface area (Å²) in [7, 11) is 0. The van der Waals surface area contributed by atoms with Crippen LogP contribution in [0.15, 0.2) is 48.3 Å². The first-order valence-electron chi connectivity index (χ1n) is 10.2. The maximum atomic E-state index is 12.7. The van der Waals surface area contributed by atoms with Gasteiger partial charge in [-0.1, -0.05) is 62.6 Å². The molecule has 1 nitrogen and oxygen atoms in total. The Labute approximate surface area is 158 Å². The predicted molar refractivity (Wildman–Crippen MR) is 107 cm³/mol. The summed E-state index contributed by atoms with van der Waals surface area (Å²) < 4.78 is 12.7. The Morgan fingerprint density at radius 1 is 1.08 bits per heavy atom. The van der Waals surface area contributed by atoms with Crippen LogP contribution in [0.4, 0.5) is 4.39 Å². The van der Waals surface area contributed by atoms with Crippen molar-refractivity contribution in [1.82, 2.24) is 0 Å². The Morgan fingerprint density at radius 3 is 2.35 bits per heavy atom. The lowest BCUT2D eigenvalue weighted by Crippen LogP contribution is -2.13. The van der Waals surface area contributed by atoms with Gasteiger partial charge >= 0.3 is 0 Å². The van der Waals surface area contributed by atoms with Gasteiger partial charge in [-0.2, -0.15) is 9.65 Å². The van der Waals surface area contributed by atoms with E-state index in [0.29, 0.717) is 5.92 Å². The molecule has 0 heterocycles. The number of nitriles is 1. The molecule has 2 heteroatoms. The van der Waals surface area contributed by atoms with E-state index < -0.39 is 5.83 Å². The summed E-state index contributed by atoms with van der Waals surface area (Å²) in [5.74, 6) is 0.698. The van der Waals surface area contributed by atoms with E-state index in [1.54, 1.807) is 6.08 Å². The zero-order valence-corrected chi connectivity index (χ0v) is 16.1. The Kier molecular flexibility index (Phi) is 9.18. The summed E-state index contributed by atoms with van der Waals surface area (Å²) in [6.45, 7) is 2.23. The average Bonchev–Trinajstić information content (AvgIpc) is 2.67. The first-order chi connectivity index (χ1) is 12.7. The monoisotopic (exact) mass is 353 g/mol. The lowest BCUT2D eigenvalue weighted by Gasteiger charge is -2.26. The summed E-state index contributed by atoms with van der Waals surface area (Å²) in [4.78, 5) is 0. The summed E-state index contributed by atoms with van der Waals surface area (Å²) in [6, 6.07) is 10.7. The zero-order valence-electron chi connectivity index (χ0n) is 16.1. The number of hydrogen-bond acceptors (Lipinski definition) is 1. The number of unbranched alkanes of at least 4 members (excludes halogenated alkanes) is 1. The van der Waals surface area contributed by atoms with E-state index in [0.717, 1.165) is 5.92 Å². The molecule has 0 unspecified atom stereocenters. The minimum absolute atomic E-state index is 0.552. The van der Waals surface area contributed by atoms with Gasteiger partial charge in [-0.05, 0) is 74.0 Å². The molecule has 1 aliphatic carbocycles. The standard InChI is InChI=1S/C24H32FN/c1-2-6-20-11-13-21(14-12-20)7-3-4-8-22-15-17-23(18-16-22)9-5-10-24(25)19-26/h5,9-14,22-23H,2-4,6-8,15-18H2,1H3/b9-5+,24-10-. The third kappa shape index (κ3) is 7.56. The van der Waals surface area contributed by atoms with Crippen molar-refractivity contribution in [3.05, 3.63) is 59.4 Å². The van der Waals surface area contributed by atoms with Gasteiger partial charge < -0.3 is 0 Å². The van der Waals surface area contributed by atoms with Gasteiger partial charge in [-0.3, -0.25) is 0 Å². The predicted octanol–water partition coefficient (Wildman–Crippen LogP) is 7.09. The zero-order chi connectivity index (χ0) is 18.6. The van der Waals surface area contributed by atoms with Crippen LogP contribution in [-0.4, -0.2) is 0 Å². The maximum Gasteiger partial charge on any atom is 0.199 e. The van der Waals surface area contributed by atoms with E-state index in [2.05, 4.69) is 37.3 Å². The molecule has 26 heavy (non-hydrogen) atoms. The number of rotatable bonds is 9. The summed E-state index contributed by atoms with van der Waals surface area (Å²) in [6.07, 6.45) is 17.5. The molecule has 0 N–H and O–H groups in total. The Hall–Kier alpha value is -1.88. The fourth-order valence-electron chi connectivity index (χ4n) is 3.93. The van der Waals surface area contributed by atoms with Gasteiger partial charge in [0.1, 0.15) is 6.07 Å². The molecular weight excluding hydrogens is 321 g/mol. The third-order valence-corrected chi connectivity index (χ3v) is 5.51. The van der Waals surface area contributed by atoms with E-state index in [1.165, 1.54) is 87.5 Å². The first kappa shape index (κ1) is 20.4. The molecule has 2 rings (SSSR count). The maximum absolute atomic E-state index is 12.7. The molecule has 0 saturated heterocycles. The lowest BCUT2D eigenvalue weighted by atomic mass is 9.79. The molecular formula is C24H32FN. The second kappa shape index (κ2) is 11.7. The Balaban J connectivity index is 1.59. The minimum Gasteiger partial charge on any atom is -0.195 e. The van der Waals surface area contributed by atoms with Crippen molar-refractivity contribution in [3.63, 3.8) is 0 Å². The van der Waals surface area contributed by atoms with E-state index in [4.69, 9.17) is 5.26 Å².